The van der Waals surface area contributed by atoms with Gasteiger partial charge in [-0.1, -0.05) is 41.6 Å². The Morgan fingerprint density at radius 3 is 2.69 bits per heavy atom. The number of aromatic nitrogens is 3. The maximum Gasteiger partial charge on any atom is 0.262 e. The smallest absolute Gasteiger partial charge is 0.262 e. The first-order valence-corrected chi connectivity index (χ1v) is 11.8. The minimum absolute atomic E-state index is 0.0224. The summed E-state index contributed by atoms with van der Waals surface area (Å²) in [6, 6.07) is 15.6. The average molecular weight is 448 g/mol. The lowest BCUT2D eigenvalue weighted by Crippen LogP contribution is -2.28. The van der Waals surface area contributed by atoms with Crippen molar-refractivity contribution < 1.29 is 9.15 Å². The number of fused-ring (bicyclic) bond motifs is 1. The second kappa shape index (κ2) is 8.92. The van der Waals surface area contributed by atoms with E-state index in [-0.39, 0.29) is 11.7 Å². The van der Waals surface area contributed by atoms with E-state index in [0.717, 1.165) is 36.5 Å². The number of para-hydroxylation sites is 1. The van der Waals surface area contributed by atoms with Gasteiger partial charge in [0.2, 0.25) is 5.89 Å². The standard InChI is InChI=1S/C25H25N3O3S/c1-16-9-11-18(12-10-16)23-26-22(17(2)31-23)15-32-25-27-21-8-4-3-7-20(21)24(29)28(25)14-19-6-5-13-30-19/h3-4,7-12,19H,5-6,13-15H2,1-2H3/t19-/m1/s1. The van der Waals surface area contributed by atoms with E-state index >= 15 is 0 Å². The second-order valence-corrected chi connectivity index (χ2v) is 9.08. The van der Waals surface area contributed by atoms with E-state index in [1.165, 1.54) is 17.3 Å². The Morgan fingerprint density at radius 1 is 1.09 bits per heavy atom. The number of hydrogen-bond acceptors (Lipinski definition) is 6. The maximum atomic E-state index is 13.3. The van der Waals surface area contributed by atoms with Crippen molar-refractivity contribution in [2.75, 3.05) is 6.61 Å². The summed E-state index contributed by atoms with van der Waals surface area (Å²) in [6.45, 7) is 5.25. The van der Waals surface area contributed by atoms with E-state index in [4.69, 9.17) is 19.1 Å². The summed E-state index contributed by atoms with van der Waals surface area (Å²) in [5, 5.41) is 1.32. The highest BCUT2D eigenvalue weighted by Gasteiger charge is 2.21. The number of rotatable bonds is 6. The zero-order chi connectivity index (χ0) is 22.1. The highest BCUT2D eigenvalue weighted by atomic mass is 32.2. The van der Waals surface area contributed by atoms with Gasteiger partial charge in [0.25, 0.3) is 5.56 Å². The lowest BCUT2D eigenvalue weighted by Gasteiger charge is -2.16. The van der Waals surface area contributed by atoms with E-state index in [1.54, 1.807) is 4.57 Å². The van der Waals surface area contributed by atoms with Gasteiger partial charge < -0.3 is 9.15 Å². The molecule has 2 aromatic carbocycles. The number of oxazole rings is 1. The molecule has 1 aliphatic heterocycles. The molecule has 4 aromatic rings. The van der Waals surface area contributed by atoms with Crippen molar-refractivity contribution in [3.05, 3.63) is 75.9 Å². The predicted octanol–water partition coefficient (Wildman–Crippen LogP) is 5.14. The van der Waals surface area contributed by atoms with Gasteiger partial charge in [-0.25, -0.2) is 9.97 Å². The number of thioether (sulfide) groups is 1. The topological polar surface area (TPSA) is 70.2 Å². The van der Waals surface area contributed by atoms with Crippen molar-refractivity contribution in [2.45, 2.75) is 50.2 Å². The van der Waals surface area contributed by atoms with E-state index in [1.807, 2.05) is 55.5 Å². The van der Waals surface area contributed by atoms with Crippen molar-refractivity contribution in [2.24, 2.45) is 0 Å². The molecule has 1 aliphatic rings. The molecule has 164 valence electrons. The molecule has 0 spiro atoms. The molecule has 1 fully saturated rings. The van der Waals surface area contributed by atoms with Crippen LogP contribution in [0.15, 0.2) is 62.9 Å². The van der Waals surface area contributed by atoms with Crippen molar-refractivity contribution in [1.82, 2.24) is 14.5 Å². The van der Waals surface area contributed by atoms with Crippen molar-refractivity contribution in [3.63, 3.8) is 0 Å². The molecule has 0 saturated carbocycles. The molecule has 5 rings (SSSR count). The molecule has 0 amide bonds. The van der Waals surface area contributed by atoms with Crippen molar-refractivity contribution in [1.29, 1.82) is 0 Å². The highest BCUT2D eigenvalue weighted by Crippen LogP contribution is 2.28. The molecule has 0 bridgehead atoms. The Morgan fingerprint density at radius 2 is 1.91 bits per heavy atom. The van der Waals surface area contributed by atoms with E-state index < -0.39 is 0 Å². The Balaban J connectivity index is 1.44. The molecular weight excluding hydrogens is 422 g/mol. The van der Waals surface area contributed by atoms with E-state index in [2.05, 4.69) is 6.92 Å². The van der Waals surface area contributed by atoms with Crippen LogP contribution in [0.4, 0.5) is 0 Å². The quantitative estimate of drug-likeness (QED) is 0.301. The SMILES string of the molecule is Cc1ccc(-c2nc(CSc3nc4ccccc4c(=O)n3C[C@H]3CCCO3)c(C)o2)cc1. The second-order valence-electron chi connectivity index (χ2n) is 8.14. The lowest BCUT2D eigenvalue weighted by atomic mass is 10.1. The van der Waals surface area contributed by atoms with Gasteiger partial charge in [0.05, 0.1) is 29.2 Å². The molecule has 7 heteroatoms. The van der Waals surface area contributed by atoms with Crippen LogP contribution in [-0.2, 0) is 17.0 Å². The van der Waals surface area contributed by atoms with Gasteiger partial charge in [0.15, 0.2) is 5.16 Å². The molecule has 0 radical (unpaired) electrons. The fourth-order valence-electron chi connectivity index (χ4n) is 3.93. The van der Waals surface area contributed by atoms with Crippen molar-refractivity contribution in [3.8, 4) is 11.5 Å². The Labute approximate surface area is 190 Å². The van der Waals surface area contributed by atoms with Crippen LogP contribution < -0.4 is 5.56 Å². The van der Waals surface area contributed by atoms with Gasteiger partial charge in [-0.3, -0.25) is 9.36 Å². The van der Waals surface area contributed by atoms with Crippen LogP contribution in [0, 0.1) is 13.8 Å². The minimum atomic E-state index is -0.0224. The molecule has 3 heterocycles. The van der Waals surface area contributed by atoms with Gasteiger partial charge in [0, 0.05) is 17.9 Å². The molecule has 2 aromatic heterocycles. The van der Waals surface area contributed by atoms with Crippen LogP contribution in [0.5, 0.6) is 0 Å². The van der Waals surface area contributed by atoms with Crippen LogP contribution >= 0.6 is 11.8 Å². The third-order valence-corrected chi connectivity index (χ3v) is 6.75. The summed E-state index contributed by atoms with van der Waals surface area (Å²) in [5.74, 6) is 1.96. The average Bonchev–Trinajstić information content (AvgIpc) is 3.45. The first-order chi connectivity index (χ1) is 15.6. The first kappa shape index (κ1) is 21.0. The largest absolute Gasteiger partial charge is 0.441 e. The summed E-state index contributed by atoms with van der Waals surface area (Å²) in [6.07, 6.45) is 2.05. The number of nitrogens with zero attached hydrogens (tertiary/aromatic N) is 3. The molecule has 1 saturated heterocycles. The summed E-state index contributed by atoms with van der Waals surface area (Å²) in [7, 11) is 0. The molecule has 32 heavy (non-hydrogen) atoms. The lowest BCUT2D eigenvalue weighted by molar-refractivity contribution is 0.0937. The normalized spacial score (nSPS) is 16.1. The molecular formula is C25H25N3O3S. The summed E-state index contributed by atoms with van der Waals surface area (Å²) in [5.41, 5.74) is 3.69. The predicted molar refractivity (Wildman–Crippen MR) is 126 cm³/mol. The number of ether oxygens (including phenoxy) is 1. The maximum absolute atomic E-state index is 13.3. The summed E-state index contributed by atoms with van der Waals surface area (Å²) >= 11 is 1.51. The van der Waals surface area contributed by atoms with Gasteiger partial charge in [-0.2, -0.15) is 0 Å². The molecule has 1 atom stereocenters. The Kier molecular flexibility index (Phi) is 5.85. The van der Waals surface area contributed by atoms with Crippen LogP contribution in [0.3, 0.4) is 0 Å². The molecule has 0 aliphatic carbocycles. The molecule has 0 N–H and O–H groups in total. The summed E-state index contributed by atoms with van der Waals surface area (Å²) < 4.78 is 13.5. The van der Waals surface area contributed by atoms with Gasteiger partial charge in [0.1, 0.15) is 5.76 Å². The fraction of sp³-hybridized carbons (Fsp3) is 0.320. The van der Waals surface area contributed by atoms with E-state index in [0.29, 0.717) is 34.2 Å². The monoisotopic (exact) mass is 447 g/mol. The summed E-state index contributed by atoms with van der Waals surface area (Å²) in [4.78, 5) is 22.8. The van der Waals surface area contributed by atoms with Crippen LogP contribution in [-0.4, -0.2) is 27.2 Å². The van der Waals surface area contributed by atoms with Crippen LogP contribution in [0.2, 0.25) is 0 Å². The van der Waals surface area contributed by atoms with Gasteiger partial charge in [-0.15, -0.1) is 0 Å². The number of aryl methyl sites for hydroxylation is 2. The van der Waals surface area contributed by atoms with Crippen LogP contribution in [0.1, 0.15) is 29.9 Å². The van der Waals surface area contributed by atoms with Crippen molar-refractivity contribution >= 4 is 22.7 Å². The van der Waals surface area contributed by atoms with E-state index in [9.17, 15) is 4.79 Å². The molecule has 6 nitrogen and oxygen atoms in total. The first-order valence-electron chi connectivity index (χ1n) is 10.9. The third kappa shape index (κ3) is 4.23. The minimum Gasteiger partial charge on any atom is -0.441 e. The number of hydrogen-bond donors (Lipinski definition) is 0. The number of benzene rings is 2. The zero-order valence-corrected chi connectivity index (χ0v) is 19.0. The van der Waals surface area contributed by atoms with Gasteiger partial charge in [-0.05, 0) is 51.0 Å². The Hall–Kier alpha value is -2.90. The zero-order valence-electron chi connectivity index (χ0n) is 18.2. The van der Waals surface area contributed by atoms with Crippen LogP contribution in [0.25, 0.3) is 22.4 Å². The highest BCUT2D eigenvalue weighted by molar-refractivity contribution is 7.98. The third-order valence-electron chi connectivity index (χ3n) is 5.77. The van der Waals surface area contributed by atoms with Gasteiger partial charge >= 0.3 is 0 Å². The molecule has 0 unspecified atom stereocenters. The fourth-order valence-corrected chi connectivity index (χ4v) is 4.94. The Bertz CT molecular complexity index is 1300.